The number of rotatable bonds is 2. The first-order valence-electron chi connectivity index (χ1n) is 6.48. The molecule has 2 atom stereocenters. The van der Waals surface area contributed by atoms with Crippen LogP contribution in [0.5, 0.6) is 0 Å². The Morgan fingerprint density at radius 1 is 1.40 bits per heavy atom. The van der Waals surface area contributed by atoms with Crippen molar-refractivity contribution in [3.8, 4) is 0 Å². The number of nitrogens with zero attached hydrogens (tertiary/aromatic N) is 2. The summed E-state index contributed by atoms with van der Waals surface area (Å²) in [5, 5.41) is 0. The zero-order valence-corrected chi connectivity index (χ0v) is 13.8. The Hall–Kier alpha value is -0.840. The third-order valence-corrected chi connectivity index (χ3v) is 3.71. The van der Waals surface area contributed by atoms with Gasteiger partial charge in [0.25, 0.3) is 5.91 Å². The molecule has 20 heavy (non-hydrogen) atoms. The second-order valence-corrected chi connectivity index (χ2v) is 5.23. The standard InChI is InChI=1S/C14H21N3O.2ClH/c1-9-4-5-13(11(3)16-9)14(18)17-8-12(7-15)6-10(17)2;;/h4-5,10,12H,6-8,15H2,1-3H3;2*1H. The van der Waals surface area contributed by atoms with Gasteiger partial charge in [-0.15, -0.1) is 24.8 Å². The SMILES string of the molecule is Cc1ccc(C(=O)N2CC(CN)CC2C)c(C)n1.Cl.Cl. The fourth-order valence-corrected chi connectivity index (χ4v) is 2.66. The van der Waals surface area contributed by atoms with E-state index in [0.717, 1.165) is 24.4 Å². The van der Waals surface area contributed by atoms with Crippen molar-refractivity contribution >= 4 is 30.7 Å². The smallest absolute Gasteiger partial charge is 0.255 e. The number of hydrogen-bond donors (Lipinski definition) is 1. The fourth-order valence-electron chi connectivity index (χ4n) is 2.66. The molecule has 0 aliphatic carbocycles. The minimum Gasteiger partial charge on any atom is -0.336 e. The number of carbonyl (C=O) groups excluding carboxylic acids is 1. The molecular formula is C14H23Cl2N3O. The Bertz CT molecular complexity index is 468. The van der Waals surface area contributed by atoms with E-state index in [0.29, 0.717) is 18.0 Å². The molecule has 1 aromatic heterocycles. The Morgan fingerprint density at radius 2 is 2.05 bits per heavy atom. The third kappa shape index (κ3) is 3.84. The van der Waals surface area contributed by atoms with Crippen molar-refractivity contribution in [2.24, 2.45) is 11.7 Å². The van der Waals surface area contributed by atoms with Gasteiger partial charge in [0.2, 0.25) is 0 Å². The second kappa shape index (κ2) is 7.81. The number of aromatic nitrogens is 1. The van der Waals surface area contributed by atoms with E-state index >= 15 is 0 Å². The van der Waals surface area contributed by atoms with E-state index in [-0.39, 0.29) is 36.8 Å². The van der Waals surface area contributed by atoms with Gasteiger partial charge in [0, 0.05) is 18.3 Å². The summed E-state index contributed by atoms with van der Waals surface area (Å²) in [5.41, 5.74) is 8.16. The zero-order valence-electron chi connectivity index (χ0n) is 12.1. The van der Waals surface area contributed by atoms with E-state index in [2.05, 4.69) is 11.9 Å². The van der Waals surface area contributed by atoms with Crippen LogP contribution in [0.15, 0.2) is 12.1 Å². The third-order valence-electron chi connectivity index (χ3n) is 3.71. The second-order valence-electron chi connectivity index (χ2n) is 5.23. The minimum atomic E-state index is 0. The summed E-state index contributed by atoms with van der Waals surface area (Å²) < 4.78 is 0. The molecule has 114 valence electrons. The van der Waals surface area contributed by atoms with Crippen molar-refractivity contribution in [1.29, 1.82) is 0 Å². The van der Waals surface area contributed by atoms with Gasteiger partial charge in [0.15, 0.2) is 0 Å². The molecule has 0 aromatic carbocycles. The molecule has 1 fully saturated rings. The molecule has 4 nitrogen and oxygen atoms in total. The molecule has 1 aliphatic rings. The lowest BCUT2D eigenvalue weighted by Crippen LogP contribution is -2.35. The van der Waals surface area contributed by atoms with Crippen LogP contribution in [0.4, 0.5) is 0 Å². The highest BCUT2D eigenvalue weighted by Crippen LogP contribution is 2.24. The van der Waals surface area contributed by atoms with Gasteiger partial charge in [-0.2, -0.15) is 0 Å². The maximum atomic E-state index is 12.5. The number of aryl methyl sites for hydroxylation is 2. The summed E-state index contributed by atoms with van der Waals surface area (Å²) in [4.78, 5) is 18.8. The van der Waals surface area contributed by atoms with Crippen LogP contribution in [0.2, 0.25) is 0 Å². The topological polar surface area (TPSA) is 59.2 Å². The average molecular weight is 320 g/mol. The van der Waals surface area contributed by atoms with E-state index in [1.165, 1.54) is 0 Å². The lowest BCUT2D eigenvalue weighted by Gasteiger charge is -2.22. The van der Waals surface area contributed by atoms with Gasteiger partial charge in [-0.1, -0.05) is 0 Å². The van der Waals surface area contributed by atoms with Crippen molar-refractivity contribution < 1.29 is 4.79 Å². The molecule has 1 aliphatic heterocycles. The molecule has 2 rings (SSSR count). The normalized spacial score (nSPS) is 21.1. The number of halogens is 2. The van der Waals surface area contributed by atoms with E-state index in [1.807, 2.05) is 30.9 Å². The molecule has 2 unspecified atom stereocenters. The van der Waals surface area contributed by atoms with Gasteiger partial charge in [-0.05, 0) is 51.8 Å². The number of pyridine rings is 1. The van der Waals surface area contributed by atoms with Crippen LogP contribution >= 0.6 is 24.8 Å². The molecule has 6 heteroatoms. The molecule has 0 radical (unpaired) electrons. The van der Waals surface area contributed by atoms with Crippen molar-refractivity contribution in [2.75, 3.05) is 13.1 Å². The quantitative estimate of drug-likeness (QED) is 0.910. The maximum Gasteiger partial charge on any atom is 0.255 e. The number of hydrogen-bond acceptors (Lipinski definition) is 3. The van der Waals surface area contributed by atoms with E-state index < -0.39 is 0 Å². The zero-order chi connectivity index (χ0) is 13.3. The summed E-state index contributed by atoms with van der Waals surface area (Å²) in [6.45, 7) is 7.33. The van der Waals surface area contributed by atoms with Crippen LogP contribution < -0.4 is 5.73 Å². The fraction of sp³-hybridized carbons (Fsp3) is 0.571. The number of amides is 1. The number of likely N-dealkylation sites (tertiary alicyclic amines) is 1. The highest BCUT2D eigenvalue weighted by molar-refractivity contribution is 5.95. The first kappa shape index (κ1) is 19.2. The van der Waals surface area contributed by atoms with Crippen LogP contribution in [0.1, 0.15) is 35.1 Å². The van der Waals surface area contributed by atoms with Gasteiger partial charge in [-0.3, -0.25) is 9.78 Å². The maximum absolute atomic E-state index is 12.5. The highest BCUT2D eigenvalue weighted by Gasteiger charge is 2.32. The summed E-state index contributed by atoms with van der Waals surface area (Å²) in [6, 6.07) is 4.04. The Balaban J connectivity index is 0.00000180. The van der Waals surface area contributed by atoms with Gasteiger partial charge in [0.1, 0.15) is 0 Å². The Morgan fingerprint density at radius 3 is 2.55 bits per heavy atom. The van der Waals surface area contributed by atoms with Gasteiger partial charge >= 0.3 is 0 Å². The van der Waals surface area contributed by atoms with Crippen LogP contribution in [0.3, 0.4) is 0 Å². The number of carbonyl (C=O) groups is 1. The summed E-state index contributed by atoms with van der Waals surface area (Å²) in [5.74, 6) is 0.520. The van der Waals surface area contributed by atoms with E-state index in [1.54, 1.807) is 0 Å². The van der Waals surface area contributed by atoms with Crippen molar-refractivity contribution in [3.05, 3.63) is 29.1 Å². The van der Waals surface area contributed by atoms with Crippen LogP contribution in [0, 0.1) is 19.8 Å². The Labute approximate surface area is 132 Å². The minimum absolute atomic E-state index is 0. The average Bonchev–Trinajstić information content (AvgIpc) is 2.70. The van der Waals surface area contributed by atoms with E-state index in [4.69, 9.17) is 5.73 Å². The first-order chi connectivity index (χ1) is 8.52. The van der Waals surface area contributed by atoms with Crippen LogP contribution in [-0.2, 0) is 0 Å². The molecule has 0 saturated carbocycles. The predicted molar refractivity (Wildman–Crippen MR) is 85.9 cm³/mol. The summed E-state index contributed by atoms with van der Waals surface area (Å²) in [7, 11) is 0. The Kier molecular flexibility index (Phi) is 7.49. The first-order valence-corrected chi connectivity index (χ1v) is 6.48. The summed E-state index contributed by atoms with van der Waals surface area (Å²) >= 11 is 0. The predicted octanol–water partition coefficient (Wildman–Crippen LogP) is 2.35. The monoisotopic (exact) mass is 319 g/mol. The molecule has 1 saturated heterocycles. The molecular weight excluding hydrogens is 297 g/mol. The van der Waals surface area contributed by atoms with Crippen molar-refractivity contribution in [2.45, 2.75) is 33.2 Å². The summed E-state index contributed by atoms with van der Waals surface area (Å²) in [6.07, 6.45) is 1.00. The highest BCUT2D eigenvalue weighted by atomic mass is 35.5. The number of nitrogens with two attached hydrogens (primary N) is 1. The lowest BCUT2D eigenvalue weighted by atomic mass is 10.1. The van der Waals surface area contributed by atoms with Crippen LogP contribution in [-0.4, -0.2) is 34.9 Å². The lowest BCUT2D eigenvalue weighted by molar-refractivity contribution is 0.0742. The molecule has 0 bridgehead atoms. The largest absolute Gasteiger partial charge is 0.336 e. The molecule has 1 aromatic rings. The molecule has 0 spiro atoms. The van der Waals surface area contributed by atoms with Gasteiger partial charge in [0.05, 0.1) is 11.3 Å². The van der Waals surface area contributed by atoms with Crippen LogP contribution in [0.25, 0.3) is 0 Å². The molecule has 2 N–H and O–H groups in total. The van der Waals surface area contributed by atoms with Crippen molar-refractivity contribution in [1.82, 2.24) is 9.88 Å². The van der Waals surface area contributed by atoms with E-state index in [9.17, 15) is 4.79 Å². The molecule has 2 heterocycles. The molecule has 1 amide bonds. The van der Waals surface area contributed by atoms with Gasteiger partial charge in [-0.25, -0.2) is 0 Å². The van der Waals surface area contributed by atoms with Gasteiger partial charge < -0.3 is 10.6 Å². The van der Waals surface area contributed by atoms with Crippen molar-refractivity contribution in [3.63, 3.8) is 0 Å².